The van der Waals surface area contributed by atoms with Gasteiger partial charge >= 0.3 is 5.97 Å². The number of esters is 1. The number of hydrogen-bond acceptors (Lipinski definition) is 6. The van der Waals surface area contributed by atoms with Gasteiger partial charge in [-0.05, 0) is 17.5 Å². The van der Waals surface area contributed by atoms with Gasteiger partial charge in [0.15, 0.2) is 0 Å². The predicted octanol–water partition coefficient (Wildman–Crippen LogP) is 1.61. The summed E-state index contributed by atoms with van der Waals surface area (Å²) in [6.45, 7) is 4.78. The maximum Gasteiger partial charge on any atom is 0.303 e. The number of carbonyl (C=O) groups is 1. The van der Waals surface area contributed by atoms with Gasteiger partial charge in [-0.15, -0.1) is 6.58 Å². The quantitative estimate of drug-likeness (QED) is 0.260. The van der Waals surface area contributed by atoms with Gasteiger partial charge in [-0.25, -0.2) is 0 Å². The van der Waals surface area contributed by atoms with E-state index in [9.17, 15) is 9.90 Å². The average Bonchev–Trinajstić information content (AvgIpc) is 2.43. The molecular formula is C11H16N6O4. The first kappa shape index (κ1) is 16.8. The highest BCUT2D eigenvalue weighted by Crippen LogP contribution is 2.30. The summed E-state index contributed by atoms with van der Waals surface area (Å²) < 4.78 is 10.5. The second-order valence-electron chi connectivity index (χ2n) is 4.43. The Morgan fingerprint density at radius 1 is 1.38 bits per heavy atom. The van der Waals surface area contributed by atoms with Crippen molar-refractivity contribution in [2.45, 2.75) is 43.7 Å². The third-order valence-corrected chi connectivity index (χ3v) is 3.03. The van der Waals surface area contributed by atoms with E-state index < -0.39 is 36.4 Å². The second-order valence-corrected chi connectivity index (χ2v) is 4.43. The van der Waals surface area contributed by atoms with Gasteiger partial charge in [0.25, 0.3) is 0 Å². The highest BCUT2D eigenvalue weighted by Gasteiger charge is 2.46. The lowest BCUT2D eigenvalue weighted by Crippen LogP contribution is -2.57. The van der Waals surface area contributed by atoms with Crippen LogP contribution in [0.25, 0.3) is 20.9 Å². The minimum Gasteiger partial charge on any atom is -0.459 e. The number of rotatable bonds is 6. The van der Waals surface area contributed by atoms with Crippen LogP contribution in [0.4, 0.5) is 0 Å². The molecule has 5 atom stereocenters. The van der Waals surface area contributed by atoms with Crippen LogP contribution in [0.5, 0.6) is 0 Å². The molecule has 0 saturated heterocycles. The first-order valence-electron chi connectivity index (χ1n) is 6.21. The summed E-state index contributed by atoms with van der Waals surface area (Å²) in [6.07, 6.45) is -1.61. The van der Waals surface area contributed by atoms with Crippen LogP contribution in [-0.4, -0.2) is 48.1 Å². The first-order valence-corrected chi connectivity index (χ1v) is 6.21. The third kappa shape index (κ3) is 4.37. The molecule has 0 aliphatic heterocycles. The van der Waals surface area contributed by atoms with E-state index in [2.05, 4.69) is 26.6 Å². The van der Waals surface area contributed by atoms with E-state index >= 15 is 0 Å². The summed E-state index contributed by atoms with van der Waals surface area (Å²) in [5.41, 5.74) is 17.1. The lowest BCUT2D eigenvalue weighted by molar-refractivity contribution is -0.172. The van der Waals surface area contributed by atoms with Crippen molar-refractivity contribution in [2.24, 2.45) is 10.2 Å². The van der Waals surface area contributed by atoms with Crippen LogP contribution in [0.15, 0.2) is 22.9 Å². The minimum atomic E-state index is -1.18. The van der Waals surface area contributed by atoms with Crippen LogP contribution in [0.2, 0.25) is 0 Å². The Morgan fingerprint density at radius 2 is 2.00 bits per heavy atom. The van der Waals surface area contributed by atoms with Gasteiger partial charge in [0, 0.05) is 16.7 Å². The maximum atomic E-state index is 11.2. The highest BCUT2D eigenvalue weighted by molar-refractivity contribution is 5.66. The third-order valence-electron chi connectivity index (χ3n) is 3.03. The van der Waals surface area contributed by atoms with E-state index in [0.717, 1.165) is 0 Å². The van der Waals surface area contributed by atoms with Crippen molar-refractivity contribution in [1.82, 2.24) is 0 Å². The van der Waals surface area contributed by atoms with Crippen LogP contribution in [0, 0.1) is 0 Å². The Balaban J connectivity index is 3.10. The molecule has 0 aromatic heterocycles. The monoisotopic (exact) mass is 296 g/mol. The van der Waals surface area contributed by atoms with Crippen molar-refractivity contribution in [2.75, 3.05) is 6.61 Å². The molecule has 1 N–H and O–H groups in total. The normalized spacial score (nSPS) is 31.4. The van der Waals surface area contributed by atoms with Crippen LogP contribution in [0.3, 0.4) is 0 Å². The molecule has 0 bridgehead atoms. The highest BCUT2D eigenvalue weighted by atomic mass is 16.6. The molecule has 1 fully saturated rings. The van der Waals surface area contributed by atoms with Gasteiger partial charge in [0.05, 0.1) is 24.8 Å². The Morgan fingerprint density at radius 3 is 2.52 bits per heavy atom. The molecule has 10 nitrogen and oxygen atoms in total. The maximum absolute atomic E-state index is 11.2. The molecule has 0 aromatic carbocycles. The van der Waals surface area contributed by atoms with Gasteiger partial charge in [0.1, 0.15) is 12.2 Å². The van der Waals surface area contributed by atoms with E-state index in [-0.39, 0.29) is 13.0 Å². The number of nitrogens with zero attached hydrogens (tertiary/aromatic N) is 6. The zero-order valence-electron chi connectivity index (χ0n) is 11.4. The molecule has 0 spiro atoms. The number of carbonyl (C=O) groups excluding carboxylic acids is 1. The van der Waals surface area contributed by atoms with Gasteiger partial charge in [-0.1, -0.05) is 16.3 Å². The molecule has 1 saturated carbocycles. The summed E-state index contributed by atoms with van der Waals surface area (Å²) in [4.78, 5) is 16.5. The van der Waals surface area contributed by atoms with Gasteiger partial charge in [0.2, 0.25) is 0 Å². The molecule has 10 heteroatoms. The van der Waals surface area contributed by atoms with Crippen LogP contribution in [-0.2, 0) is 14.3 Å². The SMILES string of the molecule is C=CCO[C@H]1[C@H](O)[C@@H](N=[N+]=[N-])C[C@@H](N=[N+]=[N-])[C@@H]1OC(C)=O. The van der Waals surface area contributed by atoms with Crippen LogP contribution < -0.4 is 0 Å². The Kier molecular flexibility index (Phi) is 6.51. The Hall–Kier alpha value is -2.25. The summed E-state index contributed by atoms with van der Waals surface area (Å²) in [5, 5.41) is 17.2. The van der Waals surface area contributed by atoms with E-state index in [1.54, 1.807) is 0 Å². The summed E-state index contributed by atoms with van der Waals surface area (Å²) >= 11 is 0. The number of azide groups is 2. The first-order chi connectivity index (χ1) is 10.0. The smallest absolute Gasteiger partial charge is 0.303 e. The molecule has 21 heavy (non-hydrogen) atoms. The largest absolute Gasteiger partial charge is 0.459 e. The second kappa shape index (κ2) is 8.13. The molecule has 1 aliphatic carbocycles. The number of aliphatic hydroxyl groups is 1. The molecule has 0 amide bonds. The zero-order chi connectivity index (χ0) is 15.8. The lowest BCUT2D eigenvalue weighted by Gasteiger charge is -2.40. The van der Waals surface area contributed by atoms with Crippen molar-refractivity contribution in [3.8, 4) is 0 Å². The number of ether oxygens (including phenoxy) is 2. The fourth-order valence-corrected chi connectivity index (χ4v) is 2.22. The van der Waals surface area contributed by atoms with Gasteiger partial charge < -0.3 is 14.6 Å². The fraction of sp³-hybridized carbons (Fsp3) is 0.727. The molecule has 114 valence electrons. The fourth-order valence-electron chi connectivity index (χ4n) is 2.22. The van der Waals surface area contributed by atoms with Crippen LogP contribution >= 0.6 is 0 Å². The van der Waals surface area contributed by atoms with Crippen molar-refractivity contribution in [3.05, 3.63) is 33.5 Å². The molecule has 0 heterocycles. The Labute approximate surface area is 120 Å². The van der Waals surface area contributed by atoms with Crippen molar-refractivity contribution < 1.29 is 19.4 Å². The zero-order valence-corrected chi connectivity index (χ0v) is 11.4. The Bertz CT molecular complexity index is 485. The summed E-state index contributed by atoms with van der Waals surface area (Å²) in [7, 11) is 0. The van der Waals surface area contributed by atoms with Crippen LogP contribution in [0.1, 0.15) is 13.3 Å². The standard InChI is InChI=1S/C11H16N6O4/c1-3-4-20-11-9(19)7(14-16-12)5-8(15-17-13)10(11)21-6(2)18/h3,7-11,19H,1,4-5H2,2H3/t7-,8+,9+,10-,11-/m0/s1. The molecule has 0 radical (unpaired) electrons. The number of aliphatic hydroxyl groups excluding tert-OH is 1. The minimum absolute atomic E-state index is 0.0567. The molecule has 1 rings (SSSR count). The average molecular weight is 296 g/mol. The van der Waals surface area contributed by atoms with E-state index in [1.165, 1.54) is 13.0 Å². The molecule has 1 aliphatic rings. The predicted molar refractivity (Wildman–Crippen MR) is 72.0 cm³/mol. The lowest BCUT2D eigenvalue weighted by atomic mass is 9.84. The molecular weight excluding hydrogens is 280 g/mol. The van der Waals surface area contributed by atoms with Crippen molar-refractivity contribution in [1.29, 1.82) is 0 Å². The van der Waals surface area contributed by atoms with Crippen molar-refractivity contribution in [3.63, 3.8) is 0 Å². The topological polar surface area (TPSA) is 153 Å². The van der Waals surface area contributed by atoms with E-state index in [1.807, 2.05) is 0 Å². The van der Waals surface area contributed by atoms with Gasteiger partial charge in [-0.3, -0.25) is 4.79 Å². The number of hydrogen-bond donors (Lipinski definition) is 1. The summed E-state index contributed by atoms with van der Waals surface area (Å²) in [6, 6.07) is -1.64. The molecule has 0 unspecified atom stereocenters. The van der Waals surface area contributed by atoms with E-state index in [4.69, 9.17) is 20.5 Å². The molecule has 0 aromatic rings. The van der Waals surface area contributed by atoms with Crippen molar-refractivity contribution >= 4 is 5.97 Å². The van der Waals surface area contributed by atoms with E-state index in [0.29, 0.717) is 0 Å². The summed E-state index contributed by atoms with van der Waals surface area (Å²) in [5.74, 6) is -0.597. The van der Waals surface area contributed by atoms with Gasteiger partial charge in [-0.2, -0.15) is 0 Å².